The first-order valence-corrected chi connectivity index (χ1v) is 5.90. The van der Waals surface area contributed by atoms with Crippen LogP contribution in [-0.2, 0) is 28.7 Å². The molecule has 0 spiro atoms. The second kappa shape index (κ2) is 10.6. The summed E-state index contributed by atoms with van der Waals surface area (Å²) in [6.07, 6.45) is 4.16. The Kier molecular flexibility index (Phi) is 9.39. The predicted octanol–water partition coefficient (Wildman–Crippen LogP) is 0.302. The van der Waals surface area contributed by atoms with Gasteiger partial charge < -0.3 is 9.47 Å². The van der Waals surface area contributed by atoms with Gasteiger partial charge in [-0.3, -0.25) is 0 Å². The van der Waals surface area contributed by atoms with Crippen LogP contribution < -0.4 is 0 Å². The van der Waals surface area contributed by atoms with Gasteiger partial charge >= 0.3 is 11.9 Å². The Labute approximate surface area is 115 Å². The number of carbonyl (C=O) groups excluding carboxylic acids is 4. The van der Waals surface area contributed by atoms with Gasteiger partial charge in [0.05, 0.1) is 14.2 Å². The summed E-state index contributed by atoms with van der Waals surface area (Å²) in [4.78, 5) is 49.5. The maximum Gasteiger partial charge on any atom is 0.331 e. The maximum absolute atomic E-state index is 11.2. The Bertz CT molecular complexity index is 384. The zero-order valence-electron chi connectivity index (χ0n) is 11.3. The predicted molar refractivity (Wildman–Crippen MR) is 66.3 cm³/mol. The van der Waals surface area contributed by atoms with Crippen molar-refractivity contribution in [1.29, 1.82) is 0 Å². The lowest BCUT2D eigenvalue weighted by molar-refractivity contribution is -0.143. The molecule has 110 valence electrons. The summed E-state index contributed by atoms with van der Waals surface area (Å²) in [5.41, 5.74) is 0. The lowest BCUT2D eigenvalue weighted by atomic mass is 10.1. The number of hydrogen-bond acceptors (Lipinski definition) is 8. The molecule has 8 heteroatoms. The van der Waals surface area contributed by atoms with Crippen LogP contribution in [0.3, 0.4) is 0 Å². The summed E-state index contributed by atoms with van der Waals surface area (Å²) in [6, 6.07) is -1.80. The van der Waals surface area contributed by atoms with Gasteiger partial charge in [-0.05, 0) is 12.8 Å². The van der Waals surface area contributed by atoms with Gasteiger partial charge in [-0.1, -0.05) is 12.8 Å². The molecule has 2 atom stereocenters. The fourth-order valence-corrected chi connectivity index (χ4v) is 1.54. The van der Waals surface area contributed by atoms with Crippen molar-refractivity contribution in [2.45, 2.75) is 37.8 Å². The highest BCUT2D eigenvalue weighted by Gasteiger charge is 2.20. The van der Waals surface area contributed by atoms with Crippen LogP contribution in [0.15, 0.2) is 9.98 Å². The van der Waals surface area contributed by atoms with Crippen LogP contribution in [0.5, 0.6) is 0 Å². The van der Waals surface area contributed by atoms with Crippen molar-refractivity contribution in [2.75, 3.05) is 14.2 Å². The fourth-order valence-electron chi connectivity index (χ4n) is 1.54. The lowest BCUT2D eigenvalue weighted by Crippen LogP contribution is -2.21. The average molecular weight is 284 g/mol. The molecule has 0 N–H and O–H groups in total. The van der Waals surface area contributed by atoms with Crippen LogP contribution in [0.2, 0.25) is 0 Å². The first-order chi connectivity index (χ1) is 9.60. The van der Waals surface area contributed by atoms with Gasteiger partial charge in [-0.25, -0.2) is 19.2 Å². The fraction of sp³-hybridized carbons (Fsp3) is 0.667. The highest BCUT2D eigenvalue weighted by molar-refractivity contribution is 5.77. The number of nitrogens with zero attached hydrogens (tertiary/aromatic N) is 2. The quantitative estimate of drug-likeness (QED) is 0.260. The molecule has 0 radical (unpaired) electrons. The summed E-state index contributed by atoms with van der Waals surface area (Å²) in [6.45, 7) is 0. The third-order valence-corrected chi connectivity index (χ3v) is 2.57. The molecule has 0 fully saturated rings. The second-order valence-corrected chi connectivity index (χ2v) is 3.80. The number of ether oxygens (including phenoxy) is 2. The number of isocyanates is 2. The summed E-state index contributed by atoms with van der Waals surface area (Å²) >= 11 is 0. The summed E-state index contributed by atoms with van der Waals surface area (Å²) in [5.74, 6) is -1.24. The Morgan fingerprint density at radius 1 is 0.900 bits per heavy atom. The SMILES string of the molecule is COC(=O)C(CCCCC(N=C=O)C(=O)OC)N=C=O. The van der Waals surface area contributed by atoms with Crippen LogP contribution in [0, 0.1) is 0 Å². The van der Waals surface area contributed by atoms with Crippen molar-refractivity contribution in [2.24, 2.45) is 9.98 Å². The van der Waals surface area contributed by atoms with E-state index >= 15 is 0 Å². The van der Waals surface area contributed by atoms with Gasteiger partial charge in [-0.15, -0.1) is 0 Å². The van der Waals surface area contributed by atoms with E-state index in [9.17, 15) is 19.2 Å². The third-order valence-electron chi connectivity index (χ3n) is 2.57. The molecular formula is C12H16N2O6. The highest BCUT2D eigenvalue weighted by Crippen LogP contribution is 2.11. The number of unbranched alkanes of at least 4 members (excludes halogenated alkanes) is 1. The standard InChI is InChI=1S/C12H16N2O6/c1-19-11(17)9(13-7-15)5-3-4-6-10(14-8-16)12(18)20-2/h9-10H,3-6H2,1-2H3. The first kappa shape index (κ1) is 17.7. The zero-order valence-corrected chi connectivity index (χ0v) is 11.3. The molecule has 2 unspecified atom stereocenters. The van der Waals surface area contributed by atoms with E-state index in [0.717, 1.165) is 0 Å². The smallest absolute Gasteiger partial charge is 0.331 e. The molecule has 0 aromatic rings. The number of hydrogen-bond donors (Lipinski definition) is 0. The molecule has 0 heterocycles. The van der Waals surface area contributed by atoms with Crippen molar-refractivity contribution in [3.05, 3.63) is 0 Å². The third kappa shape index (κ3) is 6.58. The molecule has 0 aliphatic heterocycles. The van der Waals surface area contributed by atoms with Crippen molar-refractivity contribution in [3.8, 4) is 0 Å². The minimum absolute atomic E-state index is 0.278. The van der Waals surface area contributed by atoms with Gasteiger partial charge in [0.1, 0.15) is 0 Å². The molecule has 0 saturated carbocycles. The van der Waals surface area contributed by atoms with Crippen molar-refractivity contribution < 1.29 is 28.7 Å². The molecule has 20 heavy (non-hydrogen) atoms. The summed E-state index contributed by atoms with van der Waals surface area (Å²) in [7, 11) is 2.39. The van der Waals surface area contributed by atoms with Gasteiger partial charge in [-0.2, -0.15) is 9.98 Å². The van der Waals surface area contributed by atoms with E-state index in [2.05, 4.69) is 19.5 Å². The van der Waals surface area contributed by atoms with Crippen LogP contribution in [0.4, 0.5) is 0 Å². The van der Waals surface area contributed by atoms with Crippen molar-refractivity contribution in [3.63, 3.8) is 0 Å². The van der Waals surface area contributed by atoms with Gasteiger partial charge in [0, 0.05) is 0 Å². The van der Waals surface area contributed by atoms with Gasteiger partial charge in [0.15, 0.2) is 12.1 Å². The average Bonchev–Trinajstić information content (AvgIpc) is 2.47. The van der Waals surface area contributed by atoms with Crippen molar-refractivity contribution in [1.82, 2.24) is 0 Å². The number of methoxy groups -OCH3 is 2. The largest absolute Gasteiger partial charge is 0.467 e. The topological polar surface area (TPSA) is 111 Å². The summed E-state index contributed by atoms with van der Waals surface area (Å²) < 4.78 is 8.96. The number of esters is 2. The van der Waals surface area contributed by atoms with Crippen LogP contribution >= 0.6 is 0 Å². The lowest BCUT2D eigenvalue weighted by Gasteiger charge is -2.10. The number of carbonyl (C=O) groups is 2. The molecule has 0 aromatic carbocycles. The van der Waals surface area contributed by atoms with Crippen molar-refractivity contribution >= 4 is 24.1 Å². The monoisotopic (exact) mass is 284 g/mol. The normalized spacial score (nSPS) is 12.3. The summed E-state index contributed by atoms with van der Waals surface area (Å²) in [5, 5.41) is 0. The molecule has 0 aromatic heterocycles. The van der Waals surface area contributed by atoms with E-state index in [0.29, 0.717) is 12.8 Å². The molecule has 0 bridgehead atoms. The molecule has 0 rings (SSSR count). The molecule has 0 saturated heterocycles. The van der Waals surface area contributed by atoms with Gasteiger partial charge in [0.2, 0.25) is 12.2 Å². The van der Waals surface area contributed by atoms with E-state index in [-0.39, 0.29) is 12.8 Å². The Morgan fingerprint density at radius 2 is 1.25 bits per heavy atom. The van der Waals surface area contributed by atoms with Crippen LogP contribution in [-0.4, -0.2) is 50.4 Å². The molecule has 0 aliphatic carbocycles. The van der Waals surface area contributed by atoms with E-state index in [1.165, 1.54) is 26.4 Å². The minimum Gasteiger partial charge on any atom is -0.467 e. The minimum atomic E-state index is -0.899. The van der Waals surface area contributed by atoms with E-state index < -0.39 is 24.0 Å². The molecule has 0 aliphatic rings. The second-order valence-electron chi connectivity index (χ2n) is 3.80. The Morgan fingerprint density at radius 3 is 1.50 bits per heavy atom. The van der Waals surface area contributed by atoms with Crippen LogP contribution in [0.1, 0.15) is 25.7 Å². The highest BCUT2D eigenvalue weighted by atomic mass is 16.5. The molecule has 8 nitrogen and oxygen atoms in total. The number of aliphatic imine (C=N–C) groups is 2. The zero-order chi connectivity index (χ0) is 15.4. The number of rotatable bonds is 9. The Hall–Kier alpha value is -2.30. The molecular weight excluding hydrogens is 268 g/mol. The van der Waals surface area contributed by atoms with E-state index in [1.807, 2.05) is 0 Å². The molecule has 0 amide bonds. The maximum atomic E-state index is 11.2. The van der Waals surface area contributed by atoms with E-state index in [1.54, 1.807) is 0 Å². The first-order valence-electron chi connectivity index (χ1n) is 5.90. The van der Waals surface area contributed by atoms with Crippen LogP contribution in [0.25, 0.3) is 0 Å². The van der Waals surface area contributed by atoms with Gasteiger partial charge in [0.25, 0.3) is 0 Å². The Balaban J connectivity index is 4.27. The van der Waals surface area contributed by atoms with E-state index in [4.69, 9.17) is 0 Å².